The molecule has 0 aliphatic carbocycles. The monoisotopic (exact) mass is 213 g/mol. The molecular weight excluding hydrogens is 186 g/mol. The fraction of sp³-hybridized carbons (Fsp3) is 0.846. The third-order valence-corrected chi connectivity index (χ3v) is 2.44. The van der Waals surface area contributed by atoms with Crippen molar-refractivity contribution in [2.24, 2.45) is 0 Å². The molecule has 0 spiro atoms. The summed E-state index contributed by atoms with van der Waals surface area (Å²) in [5, 5.41) is 9.70. The van der Waals surface area contributed by atoms with Crippen molar-refractivity contribution in [1.29, 1.82) is 0 Å². The Bertz CT molecular complexity index is 160. The Morgan fingerprint density at radius 2 is 1.93 bits per heavy atom. The number of aliphatic hydroxyl groups is 1. The van der Waals surface area contributed by atoms with Crippen LogP contribution in [0, 0.1) is 0 Å². The molecule has 2 nitrogen and oxygen atoms in total. The van der Waals surface area contributed by atoms with Gasteiger partial charge in [-0.2, -0.15) is 0 Å². The van der Waals surface area contributed by atoms with Gasteiger partial charge in [0.1, 0.15) is 0 Å². The second-order valence-electron chi connectivity index (χ2n) is 4.82. The van der Waals surface area contributed by atoms with Gasteiger partial charge in [-0.25, -0.2) is 0 Å². The lowest BCUT2D eigenvalue weighted by Gasteiger charge is -2.27. The van der Waals surface area contributed by atoms with Crippen LogP contribution >= 0.6 is 0 Å². The Balaban J connectivity index is 3.57. The summed E-state index contributed by atoms with van der Waals surface area (Å²) in [6.07, 6.45) is 6.82. The van der Waals surface area contributed by atoms with E-state index in [1.165, 1.54) is 19.3 Å². The summed E-state index contributed by atoms with van der Waals surface area (Å²) in [5.74, 6) is 0. The van der Waals surface area contributed by atoms with E-state index in [0.717, 1.165) is 26.1 Å². The maximum atomic E-state index is 9.70. The highest BCUT2D eigenvalue weighted by atomic mass is 16.3. The second kappa shape index (κ2) is 7.89. The average Bonchev–Trinajstić information content (AvgIpc) is 2.14. The molecule has 0 amide bonds. The zero-order valence-electron chi connectivity index (χ0n) is 10.6. The molecule has 0 fully saturated rings. The minimum Gasteiger partial charge on any atom is -0.389 e. The van der Waals surface area contributed by atoms with Gasteiger partial charge in [0.15, 0.2) is 0 Å². The number of unbranched alkanes of at least 4 members (excludes halogenated alkanes) is 3. The molecule has 0 aromatic carbocycles. The molecule has 15 heavy (non-hydrogen) atoms. The first-order chi connectivity index (χ1) is 6.99. The molecule has 90 valence electrons. The Morgan fingerprint density at radius 3 is 2.40 bits per heavy atom. The third-order valence-electron chi connectivity index (χ3n) is 2.44. The van der Waals surface area contributed by atoms with Gasteiger partial charge in [-0.05, 0) is 46.2 Å². The van der Waals surface area contributed by atoms with Crippen molar-refractivity contribution in [3.63, 3.8) is 0 Å². The Kier molecular flexibility index (Phi) is 7.71. The van der Waals surface area contributed by atoms with Crippen LogP contribution in [0.15, 0.2) is 12.7 Å². The van der Waals surface area contributed by atoms with Gasteiger partial charge in [0.2, 0.25) is 0 Å². The highest BCUT2D eigenvalue weighted by Gasteiger charge is 2.16. The molecule has 0 heterocycles. The summed E-state index contributed by atoms with van der Waals surface area (Å²) in [4.78, 5) is 2.31. The lowest BCUT2D eigenvalue weighted by atomic mass is 10.1. The van der Waals surface area contributed by atoms with Crippen molar-refractivity contribution in [3.8, 4) is 0 Å². The van der Waals surface area contributed by atoms with Crippen molar-refractivity contribution in [3.05, 3.63) is 12.7 Å². The number of hydrogen-bond acceptors (Lipinski definition) is 2. The van der Waals surface area contributed by atoms with E-state index in [-0.39, 0.29) is 0 Å². The molecule has 0 bridgehead atoms. The lowest BCUT2D eigenvalue weighted by molar-refractivity contribution is 0.0373. The number of likely N-dealkylation sites (N-methyl/N-ethyl adjacent to an activating group) is 1. The van der Waals surface area contributed by atoms with Gasteiger partial charge in [0.25, 0.3) is 0 Å². The van der Waals surface area contributed by atoms with Crippen molar-refractivity contribution < 1.29 is 5.11 Å². The van der Waals surface area contributed by atoms with Crippen LogP contribution in [0.4, 0.5) is 0 Å². The van der Waals surface area contributed by atoms with Gasteiger partial charge >= 0.3 is 0 Å². The highest BCUT2D eigenvalue weighted by molar-refractivity contribution is 4.71. The molecule has 0 rings (SSSR count). The first kappa shape index (κ1) is 14.7. The average molecular weight is 213 g/mol. The molecule has 0 radical (unpaired) electrons. The Hall–Kier alpha value is -0.340. The van der Waals surface area contributed by atoms with E-state index in [4.69, 9.17) is 0 Å². The molecular formula is C13H27NO. The standard InChI is InChI=1S/C13H27NO/c1-5-7-8-9-10-11-14(6-2)12-13(3,4)15/h5,15H,1,6-12H2,2-4H3. The molecule has 0 aromatic heterocycles. The molecule has 0 aliphatic rings. The molecule has 0 saturated carbocycles. The van der Waals surface area contributed by atoms with Gasteiger partial charge in [-0.15, -0.1) is 6.58 Å². The van der Waals surface area contributed by atoms with Crippen LogP contribution in [0.25, 0.3) is 0 Å². The van der Waals surface area contributed by atoms with Crippen molar-refractivity contribution >= 4 is 0 Å². The quantitative estimate of drug-likeness (QED) is 0.470. The van der Waals surface area contributed by atoms with Crippen LogP contribution in [-0.2, 0) is 0 Å². The minimum atomic E-state index is -0.572. The highest BCUT2D eigenvalue weighted by Crippen LogP contribution is 2.07. The van der Waals surface area contributed by atoms with Crippen molar-refractivity contribution in [2.75, 3.05) is 19.6 Å². The molecule has 2 heteroatoms. The van der Waals surface area contributed by atoms with Gasteiger partial charge < -0.3 is 10.0 Å². The number of nitrogens with zero attached hydrogens (tertiary/aromatic N) is 1. The Labute approximate surface area is 95.0 Å². The summed E-state index contributed by atoms with van der Waals surface area (Å²) in [5.41, 5.74) is -0.572. The minimum absolute atomic E-state index is 0.572. The van der Waals surface area contributed by atoms with E-state index in [1.807, 2.05) is 19.9 Å². The van der Waals surface area contributed by atoms with E-state index in [1.54, 1.807) is 0 Å². The normalized spacial score (nSPS) is 12.1. The summed E-state index contributed by atoms with van der Waals surface area (Å²) < 4.78 is 0. The summed E-state index contributed by atoms with van der Waals surface area (Å²) in [6, 6.07) is 0. The maximum absolute atomic E-state index is 9.70. The Morgan fingerprint density at radius 1 is 1.27 bits per heavy atom. The van der Waals surface area contributed by atoms with E-state index >= 15 is 0 Å². The predicted octanol–water partition coefficient (Wildman–Crippen LogP) is 2.83. The smallest absolute Gasteiger partial charge is 0.0718 e. The van der Waals surface area contributed by atoms with Crippen molar-refractivity contribution in [1.82, 2.24) is 4.90 Å². The van der Waals surface area contributed by atoms with Crippen LogP contribution in [0.3, 0.4) is 0 Å². The third kappa shape index (κ3) is 9.95. The topological polar surface area (TPSA) is 23.5 Å². The van der Waals surface area contributed by atoms with E-state index in [2.05, 4.69) is 18.4 Å². The molecule has 0 aliphatic heterocycles. The fourth-order valence-electron chi connectivity index (χ4n) is 1.70. The molecule has 0 aromatic rings. The van der Waals surface area contributed by atoms with Gasteiger partial charge in [0, 0.05) is 6.54 Å². The van der Waals surface area contributed by atoms with E-state index in [9.17, 15) is 5.11 Å². The summed E-state index contributed by atoms with van der Waals surface area (Å²) >= 11 is 0. The molecule has 0 saturated heterocycles. The first-order valence-electron chi connectivity index (χ1n) is 6.05. The number of allylic oxidation sites excluding steroid dienone is 1. The van der Waals surface area contributed by atoms with Gasteiger partial charge in [-0.3, -0.25) is 0 Å². The van der Waals surface area contributed by atoms with Gasteiger partial charge in [0.05, 0.1) is 5.60 Å². The largest absolute Gasteiger partial charge is 0.389 e. The van der Waals surface area contributed by atoms with Crippen LogP contribution in [0.2, 0.25) is 0 Å². The fourth-order valence-corrected chi connectivity index (χ4v) is 1.70. The van der Waals surface area contributed by atoms with Crippen LogP contribution in [0.1, 0.15) is 46.5 Å². The van der Waals surface area contributed by atoms with Crippen molar-refractivity contribution in [2.45, 2.75) is 52.1 Å². The molecule has 0 atom stereocenters. The first-order valence-corrected chi connectivity index (χ1v) is 6.05. The summed E-state index contributed by atoms with van der Waals surface area (Å²) in [7, 11) is 0. The molecule has 0 unspecified atom stereocenters. The zero-order chi connectivity index (χ0) is 11.7. The van der Waals surface area contributed by atoms with Crippen LogP contribution < -0.4 is 0 Å². The number of hydrogen-bond donors (Lipinski definition) is 1. The molecule has 1 N–H and O–H groups in total. The second-order valence-corrected chi connectivity index (χ2v) is 4.82. The van der Waals surface area contributed by atoms with Gasteiger partial charge in [-0.1, -0.05) is 19.4 Å². The number of rotatable bonds is 9. The predicted molar refractivity (Wildman–Crippen MR) is 67.1 cm³/mol. The SMILES string of the molecule is C=CCCCCCN(CC)CC(C)(C)O. The maximum Gasteiger partial charge on any atom is 0.0718 e. The van der Waals surface area contributed by atoms with E-state index in [0.29, 0.717) is 0 Å². The van der Waals surface area contributed by atoms with Crippen LogP contribution in [-0.4, -0.2) is 35.2 Å². The summed E-state index contributed by atoms with van der Waals surface area (Å²) in [6.45, 7) is 12.5. The van der Waals surface area contributed by atoms with E-state index < -0.39 is 5.60 Å². The lowest BCUT2D eigenvalue weighted by Crippen LogP contribution is -2.39. The zero-order valence-corrected chi connectivity index (χ0v) is 10.6. The van der Waals surface area contributed by atoms with Crippen LogP contribution in [0.5, 0.6) is 0 Å².